The Labute approximate surface area is 90.6 Å². The fraction of sp³-hybridized carbons (Fsp3) is 0. The van der Waals surface area contributed by atoms with Crippen molar-refractivity contribution < 1.29 is 0 Å². The van der Waals surface area contributed by atoms with E-state index >= 15 is 0 Å². The molecule has 3 heterocycles. The number of nitrogens with two attached hydrogens (primary N) is 1. The van der Waals surface area contributed by atoms with E-state index in [2.05, 4.69) is 25.1 Å². The first-order chi connectivity index (χ1) is 7.84. The smallest absolute Gasteiger partial charge is 0.183 e. The molecule has 0 aliphatic heterocycles. The van der Waals surface area contributed by atoms with Gasteiger partial charge in [0.25, 0.3) is 0 Å². The van der Waals surface area contributed by atoms with Crippen LogP contribution in [0.25, 0.3) is 22.2 Å². The minimum Gasteiger partial charge on any atom is -0.384 e. The summed E-state index contributed by atoms with van der Waals surface area (Å²) in [5.74, 6) is 0.515. The molecule has 0 fully saturated rings. The highest BCUT2D eigenvalue weighted by molar-refractivity contribution is 5.89. The molecule has 0 aliphatic carbocycles. The molecular weight excluding hydrogens is 204 g/mol. The third-order valence-electron chi connectivity index (χ3n) is 2.33. The molecule has 0 bridgehead atoms. The Bertz CT molecular complexity index is 630. The summed E-state index contributed by atoms with van der Waals surface area (Å²) in [4.78, 5) is 12.1. The molecule has 78 valence electrons. The summed E-state index contributed by atoms with van der Waals surface area (Å²) in [5.41, 5.74) is 8.16. The van der Waals surface area contributed by atoms with E-state index in [4.69, 9.17) is 5.73 Å². The Kier molecular flexibility index (Phi) is 1.79. The standard InChI is InChI=1S/C10H8N6/c11-9-8-1-6(4-14-10(8)16-15-9)7-2-12-5-13-3-7/h1-5H,(H3,11,14,15,16). The molecule has 0 radical (unpaired) electrons. The van der Waals surface area contributed by atoms with Gasteiger partial charge in [0.15, 0.2) is 5.65 Å². The molecule has 0 amide bonds. The predicted molar refractivity (Wildman–Crippen MR) is 59.3 cm³/mol. The quantitative estimate of drug-likeness (QED) is 0.627. The summed E-state index contributed by atoms with van der Waals surface area (Å²) in [5, 5.41) is 7.46. The molecule has 0 saturated heterocycles. The number of nitrogens with zero attached hydrogens (tertiary/aromatic N) is 4. The van der Waals surface area contributed by atoms with E-state index in [1.165, 1.54) is 6.33 Å². The average molecular weight is 212 g/mol. The topological polar surface area (TPSA) is 93.4 Å². The van der Waals surface area contributed by atoms with Crippen LogP contribution in [0.3, 0.4) is 0 Å². The van der Waals surface area contributed by atoms with Gasteiger partial charge < -0.3 is 5.73 Å². The number of nitrogens with one attached hydrogen (secondary N) is 1. The Morgan fingerprint density at radius 3 is 2.69 bits per heavy atom. The van der Waals surface area contributed by atoms with Gasteiger partial charge in [-0.3, -0.25) is 5.10 Å². The summed E-state index contributed by atoms with van der Waals surface area (Å²) >= 11 is 0. The first-order valence-electron chi connectivity index (χ1n) is 4.69. The Morgan fingerprint density at radius 2 is 1.88 bits per heavy atom. The zero-order chi connectivity index (χ0) is 11.0. The highest BCUT2D eigenvalue weighted by atomic mass is 15.2. The minimum atomic E-state index is 0.515. The summed E-state index contributed by atoms with van der Waals surface area (Å²) in [6.45, 7) is 0. The summed E-state index contributed by atoms with van der Waals surface area (Å²) in [6, 6.07) is 1.92. The van der Waals surface area contributed by atoms with Gasteiger partial charge in [-0.2, -0.15) is 5.10 Å². The van der Waals surface area contributed by atoms with E-state index in [0.717, 1.165) is 16.5 Å². The second-order valence-electron chi connectivity index (χ2n) is 3.36. The lowest BCUT2D eigenvalue weighted by atomic mass is 10.1. The monoisotopic (exact) mass is 212 g/mol. The van der Waals surface area contributed by atoms with Gasteiger partial charge in [0.1, 0.15) is 12.1 Å². The van der Waals surface area contributed by atoms with Crippen molar-refractivity contribution in [3.63, 3.8) is 0 Å². The normalized spacial score (nSPS) is 10.8. The lowest BCUT2D eigenvalue weighted by Crippen LogP contribution is -1.86. The molecule has 3 rings (SSSR count). The second kappa shape index (κ2) is 3.27. The number of aromatic nitrogens is 5. The van der Waals surface area contributed by atoms with Crippen molar-refractivity contribution in [3.05, 3.63) is 31.0 Å². The number of nitrogen functional groups attached to an aromatic ring is 1. The second-order valence-corrected chi connectivity index (χ2v) is 3.36. The number of anilines is 1. The van der Waals surface area contributed by atoms with Crippen molar-refractivity contribution in [1.82, 2.24) is 25.1 Å². The van der Waals surface area contributed by atoms with Gasteiger partial charge in [0.05, 0.1) is 5.39 Å². The predicted octanol–water partition coefficient (Wildman–Crippen LogP) is 0.997. The van der Waals surface area contributed by atoms with Crippen LogP contribution in [0, 0.1) is 0 Å². The number of rotatable bonds is 1. The fourth-order valence-corrected chi connectivity index (χ4v) is 1.52. The first kappa shape index (κ1) is 8.78. The lowest BCUT2D eigenvalue weighted by Gasteiger charge is -1.99. The van der Waals surface area contributed by atoms with Crippen molar-refractivity contribution in [2.75, 3.05) is 5.73 Å². The largest absolute Gasteiger partial charge is 0.384 e. The Hall–Kier alpha value is -2.50. The SMILES string of the molecule is Nc1[nH]nc2ncc(-c3cncnc3)cc12. The van der Waals surface area contributed by atoms with Crippen LogP contribution in [0.2, 0.25) is 0 Å². The van der Waals surface area contributed by atoms with Crippen LogP contribution in [-0.2, 0) is 0 Å². The summed E-state index contributed by atoms with van der Waals surface area (Å²) in [7, 11) is 0. The maximum atomic E-state index is 5.73. The maximum Gasteiger partial charge on any atom is 0.183 e. The molecule has 6 nitrogen and oxygen atoms in total. The number of hydrogen-bond acceptors (Lipinski definition) is 5. The lowest BCUT2D eigenvalue weighted by molar-refractivity contribution is 1.10. The first-order valence-corrected chi connectivity index (χ1v) is 4.69. The van der Waals surface area contributed by atoms with E-state index < -0.39 is 0 Å². The number of pyridine rings is 1. The molecule has 0 spiro atoms. The number of fused-ring (bicyclic) bond motifs is 1. The molecule has 0 aliphatic rings. The summed E-state index contributed by atoms with van der Waals surface area (Å²) < 4.78 is 0. The van der Waals surface area contributed by atoms with Gasteiger partial charge in [-0.1, -0.05) is 0 Å². The van der Waals surface area contributed by atoms with Gasteiger partial charge in [-0.05, 0) is 6.07 Å². The number of H-pyrrole nitrogens is 1. The fourth-order valence-electron chi connectivity index (χ4n) is 1.52. The molecule has 0 aromatic carbocycles. The van der Waals surface area contributed by atoms with Crippen molar-refractivity contribution in [2.24, 2.45) is 0 Å². The molecule has 0 atom stereocenters. The van der Waals surface area contributed by atoms with Crippen molar-refractivity contribution >= 4 is 16.9 Å². The molecule has 3 aromatic heterocycles. The van der Waals surface area contributed by atoms with E-state index in [1.54, 1.807) is 18.6 Å². The third-order valence-corrected chi connectivity index (χ3v) is 2.33. The molecule has 3 aromatic rings. The van der Waals surface area contributed by atoms with E-state index in [-0.39, 0.29) is 0 Å². The highest BCUT2D eigenvalue weighted by Crippen LogP contribution is 2.23. The average Bonchev–Trinajstić information content (AvgIpc) is 2.72. The van der Waals surface area contributed by atoms with Crippen LogP contribution >= 0.6 is 0 Å². The van der Waals surface area contributed by atoms with Gasteiger partial charge >= 0.3 is 0 Å². The van der Waals surface area contributed by atoms with Crippen molar-refractivity contribution in [1.29, 1.82) is 0 Å². The van der Waals surface area contributed by atoms with Crippen LogP contribution < -0.4 is 5.73 Å². The van der Waals surface area contributed by atoms with Crippen LogP contribution in [0.4, 0.5) is 5.82 Å². The van der Waals surface area contributed by atoms with Gasteiger partial charge in [-0.25, -0.2) is 15.0 Å². The van der Waals surface area contributed by atoms with Gasteiger partial charge in [0.2, 0.25) is 0 Å². The van der Waals surface area contributed by atoms with Crippen LogP contribution in [0.1, 0.15) is 0 Å². The van der Waals surface area contributed by atoms with Crippen LogP contribution in [0.15, 0.2) is 31.0 Å². The molecule has 6 heteroatoms. The summed E-state index contributed by atoms with van der Waals surface area (Å²) in [6.07, 6.45) is 6.67. The van der Waals surface area contributed by atoms with Crippen molar-refractivity contribution in [2.45, 2.75) is 0 Å². The molecule has 0 saturated carbocycles. The Balaban J connectivity index is 2.22. The minimum absolute atomic E-state index is 0.515. The zero-order valence-electron chi connectivity index (χ0n) is 8.25. The van der Waals surface area contributed by atoms with Crippen LogP contribution in [0.5, 0.6) is 0 Å². The number of aromatic amines is 1. The highest BCUT2D eigenvalue weighted by Gasteiger charge is 2.05. The zero-order valence-corrected chi connectivity index (χ0v) is 8.25. The molecule has 3 N–H and O–H groups in total. The van der Waals surface area contributed by atoms with Gasteiger partial charge in [-0.15, -0.1) is 0 Å². The Morgan fingerprint density at radius 1 is 1.06 bits per heavy atom. The molecule has 16 heavy (non-hydrogen) atoms. The number of hydrogen-bond donors (Lipinski definition) is 2. The van der Waals surface area contributed by atoms with Gasteiger partial charge in [0, 0.05) is 29.7 Å². The van der Waals surface area contributed by atoms with Crippen LogP contribution in [-0.4, -0.2) is 25.1 Å². The maximum absolute atomic E-state index is 5.73. The third kappa shape index (κ3) is 1.28. The van der Waals surface area contributed by atoms with E-state index in [9.17, 15) is 0 Å². The molecule has 0 unspecified atom stereocenters. The van der Waals surface area contributed by atoms with Crippen molar-refractivity contribution in [3.8, 4) is 11.1 Å². The van der Waals surface area contributed by atoms with E-state index in [1.807, 2.05) is 6.07 Å². The van der Waals surface area contributed by atoms with E-state index in [0.29, 0.717) is 11.5 Å². The molecular formula is C10H8N6.